The van der Waals surface area contributed by atoms with E-state index >= 15 is 0 Å². The Balaban J connectivity index is 2.01. The van der Waals surface area contributed by atoms with Crippen molar-refractivity contribution in [2.24, 2.45) is 11.5 Å². The predicted molar refractivity (Wildman–Crippen MR) is 95.0 cm³/mol. The van der Waals surface area contributed by atoms with Crippen LogP contribution in [0.25, 0.3) is 0 Å². The molecule has 23 heavy (non-hydrogen) atoms. The van der Waals surface area contributed by atoms with Gasteiger partial charge in [0.05, 0.1) is 15.7 Å². The fraction of sp³-hybridized carbons (Fsp3) is 0.294. The molecule has 122 valence electrons. The number of benzene rings is 2. The molecule has 0 aromatic heterocycles. The maximum Gasteiger partial charge on any atom is 0.183 e. The molecular weight excluding hydrogens is 376 g/mol. The van der Waals surface area contributed by atoms with Crippen molar-refractivity contribution in [2.45, 2.75) is 28.5 Å². The minimum atomic E-state index is -3.53. The highest BCUT2D eigenvalue weighted by atomic mass is 79.9. The van der Waals surface area contributed by atoms with Gasteiger partial charge in [-0.15, -0.1) is 0 Å². The molecule has 4 N–H and O–H groups in total. The zero-order valence-corrected chi connectivity index (χ0v) is 15.1. The fourth-order valence-electron chi connectivity index (χ4n) is 3.16. The molecule has 1 aliphatic carbocycles. The van der Waals surface area contributed by atoms with Crippen LogP contribution in [0.15, 0.2) is 57.9 Å². The van der Waals surface area contributed by atoms with Crippen LogP contribution in [0.1, 0.15) is 17.0 Å². The van der Waals surface area contributed by atoms with E-state index in [1.807, 2.05) is 31.2 Å². The van der Waals surface area contributed by atoms with Crippen molar-refractivity contribution in [3.8, 4) is 0 Å². The summed E-state index contributed by atoms with van der Waals surface area (Å²) in [5, 5.41) is -0.691. The fourth-order valence-corrected chi connectivity index (χ4v) is 5.75. The number of nitrogens with two attached hydrogens (primary N) is 2. The lowest BCUT2D eigenvalue weighted by molar-refractivity contribution is 0.586. The minimum absolute atomic E-state index is 0.128. The molecule has 0 unspecified atom stereocenters. The Morgan fingerprint density at radius 1 is 1.09 bits per heavy atom. The van der Waals surface area contributed by atoms with Crippen molar-refractivity contribution in [3.63, 3.8) is 0 Å². The van der Waals surface area contributed by atoms with Crippen molar-refractivity contribution < 1.29 is 8.42 Å². The molecule has 0 aliphatic heterocycles. The van der Waals surface area contributed by atoms with Crippen LogP contribution in [0.4, 0.5) is 0 Å². The van der Waals surface area contributed by atoms with Crippen LogP contribution >= 0.6 is 15.9 Å². The Bertz CT molecular complexity index is 819. The number of aryl methyl sites for hydroxylation is 1. The van der Waals surface area contributed by atoms with Crippen LogP contribution in [-0.2, 0) is 9.84 Å². The summed E-state index contributed by atoms with van der Waals surface area (Å²) in [6.07, 6.45) is 0. The zero-order chi connectivity index (χ0) is 16.8. The van der Waals surface area contributed by atoms with Crippen molar-refractivity contribution >= 4 is 25.8 Å². The predicted octanol–water partition coefficient (Wildman–Crippen LogP) is 2.35. The van der Waals surface area contributed by atoms with E-state index in [1.54, 1.807) is 24.3 Å². The number of halogens is 1. The van der Waals surface area contributed by atoms with Gasteiger partial charge in [0.2, 0.25) is 0 Å². The van der Waals surface area contributed by atoms with Crippen LogP contribution in [0.3, 0.4) is 0 Å². The van der Waals surface area contributed by atoms with Gasteiger partial charge in [0.15, 0.2) is 9.84 Å². The van der Waals surface area contributed by atoms with Crippen LogP contribution in [0.5, 0.6) is 0 Å². The second-order valence-electron chi connectivity index (χ2n) is 6.12. The number of rotatable bonds is 4. The third-order valence-corrected chi connectivity index (χ3v) is 7.41. The van der Waals surface area contributed by atoms with Gasteiger partial charge in [-0.3, -0.25) is 0 Å². The number of hydrogen-bond donors (Lipinski definition) is 2. The quantitative estimate of drug-likeness (QED) is 0.832. The largest absolute Gasteiger partial charge is 0.329 e. The smallest absolute Gasteiger partial charge is 0.183 e. The van der Waals surface area contributed by atoms with Gasteiger partial charge in [0, 0.05) is 16.9 Å². The van der Waals surface area contributed by atoms with Gasteiger partial charge in [-0.25, -0.2) is 8.42 Å². The van der Waals surface area contributed by atoms with Gasteiger partial charge in [-0.05, 0) is 36.8 Å². The molecule has 0 bridgehead atoms. The van der Waals surface area contributed by atoms with E-state index in [0.29, 0.717) is 4.90 Å². The van der Waals surface area contributed by atoms with Crippen molar-refractivity contribution in [3.05, 3.63) is 64.1 Å². The molecule has 1 saturated carbocycles. The van der Waals surface area contributed by atoms with Gasteiger partial charge in [0.25, 0.3) is 0 Å². The molecule has 0 amide bonds. The SMILES string of the molecule is Cc1ccc(S(=O)(=O)[C@@H]2[C@@H](c3ccc(Br)cc3)[C@]2(N)CN)cc1. The van der Waals surface area contributed by atoms with Gasteiger partial charge in [-0.1, -0.05) is 45.8 Å². The summed E-state index contributed by atoms with van der Waals surface area (Å²) in [6.45, 7) is 2.05. The first-order valence-corrected chi connectivity index (χ1v) is 9.69. The molecule has 4 nitrogen and oxygen atoms in total. The van der Waals surface area contributed by atoms with E-state index < -0.39 is 20.6 Å². The highest BCUT2D eigenvalue weighted by molar-refractivity contribution is 9.10. The summed E-state index contributed by atoms with van der Waals surface area (Å²) in [4.78, 5) is 0.302. The van der Waals surface area contributed by atoms with Crippen LogP contribution in [-0.4, -0.2) is 25.8 Å². The first-order valence-electron chi connectivity index (χ1n) is 7.35. The lowest BCUT2D eigenvalue weighted by Gasteiger charge is -2.09. The second kappa shape index (κ2) is 5.70. The Labute approximate surface area is 144 Å². The minimum Gasteiger partial charge on any atom is -0.329 e. The molecule has 2 aromatic carbocycles. The van der Waals surface area contributed by atoms with E-state index in [2.05, 4.69) is 15.9 Å². The van der Waals surface area contributed by atoms with Gasteiger partial charge < -0.3 is 11.5 Å². The summed E-state index contributed by atoms with van der Waals surface area (Å²) in [5.74, 6) is -0.285. The second-order valence-corrected chi connectivity index (χ2v) is 9.11. The van der Waals surface area contributed by atoms with Crippen LogP contribution in [0, 0.1) is 6.92 Å². The van der Waals surface area contributed by atoms with Gasteiger partial charge in [0.1, 0.15) is 0 Å². The lowest BCUT2D eigenvalue weighted by atomic mass is 10.1. The van der Waals surface area contributed by atoms with Crippen LogP contribution in [0.2, 0.25) is 0 Å². The zero-order valence-electron chi connectivity index (χ0n) is 12.7. The molecule has 2 aromatic rings. The van der Waals surface area contributed by atoms with Gasteiger partial charge in [-0.2, -0.15) is 0 Å². The average Bonchev–Trinajstić information content (AvgIpc) is 3.16. The Hall–Kier alpha value is -1.21. The molecular formula is C17H19BrN2O2S. The molecule has 0 saturated heterocycles. The summed E-state index contributed by atoms with van der Waals surface area (Å²) >= 11 is 3.38. The highest BCUT2D eigenvalue weighted by Crippen LogP contribution is 2.55. The first-order chi connectivity index (χ1) is 10.8. The maximum absolute atomic E-state index is 13.0. The monoisotopic (exact) mass is 394 g/mol. The average molecular weight is 395 g/mol. The van der Waals surface area contributed by atoms with E-state index in [-0.39, 0.29) is 12.5 Å². The van der Waals surface area contributed by atoms with E-state index in [9.17, 15) is 8.42 Å². The Morgan fingerprint density at radius 3 is 2.17 bits per heavy atom. The maximum atomic E-state index is 13.0. The highest BCUT2D eigenvalue weighted by Gasteiger charge is 2.68. The summed E-state index contributed by atoms with van der Waals surface area (Å²) < 4.78 is 26.9. The third kappa shape index (κ3) is 2.74. The third-order valence-electron chi connectivity index (χ3n) is 4.57. The van der Waals surface area contributed by atoms with E-state index in [1.165, 1.54) is 0 Å². The van der Waals surface area contributed by atoms with Crippen LogP contribution < -0.4 is 11.5 Å². The molecule has 3 atom stereocenters. The molecule has 1 aliphatic rings. The van der Waals surface area contributed by atoms with Crippen molar-refractivity contribution in [1.29, 1.82) is 0 Å². The van der Waals surface area contributed by atoms with E-state index in [0.717, 1.165) is 15.6 Å². The van der Waals surface area contributed by atoms with Crippen molar-refractivity contribution in [1.82, 2.24) is 0 Å². The Kier molecular flexibility index (Phi) is 4.13. The normalized spacial score (nSPS) is 27.0. The van der Waals surface area contributed by atoms with E-state index in [4.69, 9.17) is 11.5 Å². The van der Waals surface area contributed by atoms with Gasteiger partial charge >= 0.3 is 0 Å². The molecule has 6 heteroatoms. The topological polar surface area (TPSA) is 86.2 Å². The molecule has 1 fully saturated rings. The Morgan fingerprint density at radius 2 is 1.65 bits per heavy atom. The lowest BCUT2D eigenvalue weighted by Crippen LogP contribution is -2.39. The molecule has 0 heterocycles. The summed E-state index contributed by atoms with van der Waals surface area (Å²) in [7, 11) is -3.53. The number of sulfone groups is 1. The molecule has 0 radical (unpaired) electrons. The molecule has 3 rings (SSSR count). The summed E-state index contributed by atoms with van der Waals surface area (Å²) in [6, 6.07) is 14.4. The number of hydrogen-bond acceptors (Lipinski definition) is 4. The van der Waals surface area contributed by atoms with Crippen molar-refractivity contribution in [2.75, 3.05) is 6.54 Å². The summed E-state index contributed by atoms with van der Waals surface area (Å²) in [5.41, 5.74) is 13.2. The standard InChI is InChI=1S/C17H19BrN2O2S/c1-11-2-8-14(9-3-11)23(21,22)16-15(17(16,20)10-19)12-4-6-13(18)7-5-12/h2-9,15-16H,10,19-20H2,1H3/t15-,16-,17-/m1/s1. The first kappa shape index (κ1) is 16.6. The molecule has 0 spiro atoms.